The van der Waals surface area contributed by atoms with Crippen molar-refractivity contribution in [1.82, 2.24) is 4.90 Å². The van der Waals surface area contributed by atoms with Crippen molar-refractivity contribution in [2.45, 2.75) is 38.6 Å². The molecule has 1 saturated heterocycles. The van der Waals surface area contributed by atoms with Crippen LogP contribution in [0.4, 0.5) is 5.69 Å². The number of amides is 1. The first-order valence-electron chi connectivity index (χ1n) is 7.50. The molecule has 0 aromatic heterocycles. The number of halogens is 2. The Kier molecular flexibility index (Phi) is 4.06. The molecule has 1 aromatic carbocycles. The summed E-state index contributed by atoms with van der Waals surface area (Å²) < 4.78 is 0. The molecule has 1 N–H and O–H groups in total. The highest BCUT2D eigenvalue weighted by atomic mass is 35.5. The van der Waals surface area contributed by atoms with Crippen molar-refractivity contribution >= 4 is 34.8 Å². The molecule has 21 heavy (non-hydrogen) atoms. The van der Waals surface area contributed by atoms with Crippen molar-refractivity contribution in [2.75, 3.05) is 18.4 Å². The van der Waals surface area contributed by atoms with Crippen molar-refractivity contribution in [3.63, 3.8) is 0 Å². The first-order valence-corrected chi connectivity index (χ1v) is 8.25. The van der Waals surface area contributed by atoms with Gasteiger partial charge in [-0.1, -0.05) is 29.6 Å². The van der Waals surface area contributed by atoms with E-state index in [0.717, 1.165) is 25.2 Å². The van der Waals surface area contributed by atoms with E-state index in [1.807, 2.05) is 17.9 Å². The highest BCUT2D eigenvalue weighted by molar-refractivity contribution is 6.36. The third-order valence-corrected chi connectivity index (χ3v) is 5.39. The van der Waals surface area contributed by atoms with E-state index in [0.29, 0.717) is 15.5 Å². The van der Waals surface area contributed by atoms with Crippen LogP contribution >= 0.6 is 23.2 Å². The molecule has 1 aromatic rings. The molecule has 2 aliphatic rings. The SMILES string of the molecule is CC(Nc1ccc(Cl)cc1Cl)C(=O)N1CCC2(CCC2)C1. The minimum atomic E-state index is -0.279. The van der Waals surface area contributed by atoms with Crippen molar-refractivity contribution in [3.8, 4) is 0 Å². The molecule has 1 saturated carbocycles. The lowest BCUT2D eigenvalue weighted by atomic mass is 9.68. The summed E-state index contributed by atoms with van der Waals surface area (Å²) in [7, 11) is 0. The lowest BCUT2D eigenvalue weighted by Crippen LogP contribution is -2.42. The average molecular weight is 327 g/mol. The number of hydrogen-bond donors (Lipinski definition) is 1. The maximum atomic E-state index is 12.5. The maximum Gasteiger partial charge on any atom is 0.244 e. The van der Waals surface area contributed by atoms with Gasteiger partial charge in [-0.2, -0.15) is 0 Å². The number of benzene rings is 1. The van der Waals surface area contributed by atoms with Crippen LogP contribution in [0, 0.1) is 5.41 Å². The molecule has 1 amide bonds. The Morgan fingerprint density at radius 1 is 1.33 bits per heavy atom. The van der Waals surface area contributed by atoms with E-state index in [-0.39, 0.29) is 11.9 Å². The van der Waals surface area contributed by atoms with Gasteiger partial charge in [0.15, 0.2) is 0 Å². The van der Waals surface area contributed by atoms with E-state index in [2.05, 4.69) is 5.32 Å². The van der Waals surface area contributed by atoms with E-state index < -0.39 is 0 Å². The van der Waals surface area contributed by atoms with Crippen molar-refractivity contribution in [3.05, 3.63) is 28.2 Å². The predicted octanol–water partition coefficient (Wildman–Crippen LogP) is 4.20. The third kappa shape index (κ3) is 3.00. The first kappa shape index (κ1) is 15.0. The van der Waals surface area contributed by atoms with Gasteiger partial charge in [0.1, 0.15) is 6.04 Å². The van der Waals surface area contributed by atoms with Gasteiger partial charge in [0.05, 0.1) is 10.7 Å². The molecule has 1 aliphatic carbocycles. The van der Waals surface area contributed by atoms with Crippen LogP contribution in [-0.4, -0.2) is 29.9 Å². The van der Waals surface area contributed by atoms with Crippen molar-refractivity contribution in [1.29, 1.82) is 0 Å². The zero-order valence-corrected chi connectivity index (χ0v) is 13.7. The minimum absolute atomic E-state index is 0.157. The van der Waals surface area contributed by atoms with Crippen LogP contribution in [-0.2, 0) is 4.79 Å². The molecule has 5 heteroatoms. The minimum Gasteiger partial charge on any atom is -0.373 e. The second kappa shape index (κ2) is 5.69. The van der Waals surface area contributed by atoms with Crippen LogP contribution in [0.5, 0.6) is 0 Å². The van der Waals surface area contributed by atoms with Gasteiger partial charge >= 0.3 is 0 Å². The Morgan fingerprint density at radius 2 is 2.10 bits per heavy atom. The summed E-state index contributed by atoms with van der Waals surface area (Å²) in [5.41, 5.74) is 1.19. The fraction of sp³-hybridized carbons (Fsp3) is 0.562. The topological polar surface area (TPSA) is 32.3 Å². The van der Waals surface area contributed by atoms with Gasteiger partial charge in [-0.3, -0.25) is 4.79 Å². The second-order valence-corrected chi connectivity index (χ2v) is 7.20. The third-order valence-electron chi connectivity index (χ3n) is 4.84. The molecule has 1 aliphatic heterocycles. The fourth-order valence-corrected chi connectivity index (χ4v) is 3.85. The number of hydrogen-bond acceptors (Lipinski definition) is 2. The zero-order valence-electron chi connectivity index (χ0n) is 12.2. The van der Waals surface area contributed by atoms with E-state index >= 15 is 0 Å². The monoisotopic (exact) mass is 326 g/mol. The fourth-order valence-electron chi connectivity index (χ4n) is 3.38. The van der Waals surface area contributed by atoms with Crippen LogP contribution in [0.15, 0.2) is 18.2 Å². The molecule has 1 heterocycles. The number of nitrogens with zero attached hydrogens (tertiary/aromatic N) is 1. The summed E-state index contributed by atoms with van der Waals surface area (Å²) in [5, 5.41) is 4.33. The lowest BCUT2D eigenvalue weighted by Gasteiger charge is -2.38. The first-order chi connectivity index (χ1) is 9.99. The Bertz CT molecular complexity index is 557. The standard InChI is InChI=1S/C16H20Cl2N2O/c1-11(19-14-4-3-12(17)9-13(14)18)15(21)20-8-7-16(10-20)5-2-6-16/h3-4,9,11,19H,2,5-8,10H2,1H3. The lowest BCUT2D eigenvalue weighted by molar-refractivity contribution is -0.131. The second-order valence-electron chi connectivity index (χ2n) is 6.35. The normalized spacial score (nSPS) is 21.2. The molecule has 1 unspecified atom stereocenters. The van der Waals surface area contributed by atoms with Gasteiger partial charge in [0.25, 0.3) is 0 Å². The van der Waals surface area contributed by atoms with E-state index in [4.69, 9.17) is 23.2 Å². The Hall–Kier alpha value is -0.930. The van der Waals surface area contributed by atoms with Crippen molar-refractivity contribution < 1.29 is 4.79 Å². The highest BCUT2D eigenvalue weighted by Crippen LogP contribution is 2.48. The molecule has 114 valence electrons. The number of nitrogens with one attached hydrogen (secondary N) is 1. The number of anilines is 1. The molecule has 2 fully saturated rings. The summed E-state index contributed by atoms with van der Waals surface area (Å²) in [6.07, 6.45) is 5.03. The Labute approximate surface area is 135 Å². The molecule has 3 rings (SSSR count). The van der Waals surface area contributed by atoms with E-state index in [1.54, 1.807) is 12.1 Å². The Balaban J connectivity index is 1.62. The average Bonchev–Trinajstić information content (AvgIpc) is 2.86. The molecular formula is C16H20Cl2N2O. The summed E-state index contributed by atoms with van der Waals surface area (Å²) in [6, 6.07) is 4.98. The van der Waals surface area contributed by atoms with Crippen LogP contribution in [0.1, 0.15) is 32.6 Å². The molecular weight excluding hydrogens is 307 g/mol. The largest absolute Gasteiger partial charge is 0.373 e. The van der Waals surface area contributed by atoms with Crippen LogP contribution in [0.25, 0.3) is 0 Å². The zero-order chi connectivity index (χ0) is 15.0. The van der Waals surface area contributed by atoms with Crippen LogP contribution < -0.4 is 5.32 Å². The number of carbonyl (C=O) groups excluding carboxylic acids is 1. The predicted molar refractivity (Wildman–Crippen MR) is 87.0 cm³/mol. The van der Waals surface area contributed by atoms with Gasteiger partial charge in [0, 0.05) is 18.1 Å². The van der Waals surface area contributed by atoms with Crippen LogP contribution in [0.2, 0.25) is 10.0 Å². The van der Waals surface area contributed by atoms with Gasteiger partial charge in [-0.05, 0) is 49.8 Å². The summed E-state index contributed by atoms with van der Waals surface area (Å²) in [6.45, 7) is 3.70. The van der Waals surface area contributed by atoms with Crippen LogP contribution in [0.3, 0.4) is 0 Å². The maximum absolute atomic E-state index is 12.5. The van der Waals surface area contributed by atoms with Gasteiger partial charge in [-0.15, -0.1) is 0 Å². The molecule has 3 nitrogen and oxygen atoms in total. The quantitative estimate of drug-likeness (QED) is 0.902. The highest BCUT2D eigenvalue weighted by Gasteiger charge is 2.44. The van der Waals surface area contributed by atoms with Gasteiger partial charge < -0.3 is 10.2 Å². The van der Waals surface area contributed by atoms with E-state index in [1.165, 1.54) is 19.3 Å². The van der Waals surface area contributed by atoms with E-state index in [9.17, 15) is 4.79 Å². The van der Waals surface area contributed by atoms with Gasteiger partial charge in [-0.25, -0.2) is 0 Å². The summed E-state index contributed by atoms with van der Waals surface area (Å²) >= 11 is 12.0. The van der Waals surface area contributed by atoms with Gasteiger partial charge in [0.2, 0.25) is 5.91 Å². The molecule has 1 spiro atoms. The smallest absolute Gasteiger partial charge is 0.244 e. The number of likely N-dealkylation sites (tertiary alicyclic amines) is 1. The number of rotatable bonds is 3. The summed E-state index contributed by atoms with van der Waals surface area (Å²) in [4.78, 5) is 14.6. The number of carbonyl (C=O) groups is 1. The molecule has 0 radical (unpaired) electrons. The molecule has 0 bridgehead atoms. The Morgan fingerprint density at radius 3 is 2.67 bits per heavy atom. The molecule has 1 atom stereocenters. The summed E-state index contributed by atoms with van der Waals surface area (Å²) in [5.74, 6) is 0.157. The van der Waals surface area contributed by atoms with Crippen molar-refractivity contribution in [2.24, 2.45) is 5.41 Å².